The molecule has 0 N–H and O–H groups in total. The van der Waals surface area contributed by atoms with E-state index < -0.39 is 19.9 Å². The van der Waals surface area contributed by atoms with Gasteiger partial charge < -0.3 is 0 Å². The van der Waals surface area contributed by atoms with Crippen LogP contribution in [0.15, 0.2) is 28.0 Å². The van der Waals surface area contributed by atoms with Gasteiger partial charge in [-0.25, -0.2) is 16.8 Å². The van der Waals surface area contributed by atoms with Crippen molar-refractivity contribution in [3.05, 3.63) is 23.8 Å². The van der Waals surface area contributed by atoms with Gasteiger partial charge in [-0.3, -0.25) is 0 Å². The Balaban J connectivity index is 2.00. The Bertz CT molecular complexity index is 747. The molecule has 5 nitrogen and oxygen atoms in total. The van der Waals surface area contributed by atoms with E-state index in [2.05, 4.69) is 0 Å². The number of benzene rings is 1. The number of nitrogens with zero attached hydrogens (tertiary/aromatic N) is 1. The van der Waals surface area contributed by atoms with Crippen LogP contribution in [0.4, 0.5) is 0 Å². The lowest BCUT2D eigenvalue weighted by Gasteiger charge is -2.26. The maximum atomic E-state index is 12.6. The first-order valence-corrected chi connectivity index (χ1v) is 10.4. The van der Waals surface area contributed by atoms with E-state index in [0.717, 1.165) is 19.3 Å². The van der Waals surface area contributed by atoms with Crippen molar-refractivity contribution in [2.45, 2.75) is 41.9 Å². The molecule has 2 heterocycles. The topological polar surface area (TPSA) is 71.5 Å². The van der Waals surface area contributed by atoms with Crippen LogP contribution in [0.3, 0.4) is 0 Å². The molecule has 0 aromatic heterocycles. The zero-order chi connectivity index (χ0) is 15.1. The Labute approximate surface area is 125 Å². The summed E-state index contributed by atoms with van der Waals surface area (Å²) in [6, 6.07) is 4.45. The second kappa shape index (κ2) is 5.37. The van der Waals surface area contributed by atoms with Crippen LogP contribution in [-0.2, 0) is 26.3 Å². The molecule has 116 valence electrons. The van der Waals surface area contributed by atoms with Gasteiger partial charge in [0.2, 0.25) is 10.0 Å². The largest absolute Gasteiger partial charge is 0.243 e. The molecule has 0 saturated carbocycles. The van der Waals surface area contributed by atoms with Gasteiger partial charge >= 0.3 is 0 Å². The molecule has 7 heteroatoms. The summed E-state index contributed by atoms with van der Waals surface area (Å²) in [7, 11) is -6.73. The second-order valence-electron chi connectivity index (χ2n) is 5.66. The lowest BCUT2D eigenvalue weighted by atomic mass is 10.1. The van der Waals surface area contributed by atoms with Gasteiger partial charge in [0.1, 0.15) is 0 Å². The van der Waals surface area contributed by atoms with Crippen molar-refractivity contribution in [3.63, 3.8) is 0 Å². The van der Waals surface area contributed by atoms with E-state index in [-0.39, 0.29) is 10.6 Å². The summed E-state index contributed by atoms with van der Waals surface area (Å²) in [4.78, 5) is 0.520. The fraction of sp³-hybridized carbons (Fsp3) is 0.571. The minimum atomic E-state index is -3.49. The molecular weight excluding hydrogens is 310 g/mol. The zero-order valence-corrected chi connectivity index (χ0v) is 13.4. The third kappa shape index (κ3) is 2.74. The molecule has 0 atom stereocenters. The Morgan fingerprint density at radius 2 is 1.71 bits per heavy atom. The summed E-state index contributed by atoms with van der Waals surface area (Å²) in [5.41, 5.74) is 0.638. The Hall–Kier alpha value is -0.920. The molecule has 1 aromatic carbocycles. The quantitative estimate of drug-likeness (QED) is 0.826. The molecule has 0 radical (unpaired) electrons. The van der Waals surface area contributed by atoms with Crippen LogP contribution in [0.1, 0.15) is 31.2 Å². The number of fused-ring (bicyclic) bond motifs is 1. The van der Waals surface area contributed by atoms with Gasteiger partial charge in [-0.2, -0.15) is 4.31 Å². The molecule has 0 spiro atoms. The first-order chi connectivity index (χ1) is 9.91. The van der Waals surface area contributed by atoms with Gasteiger partial charge in [-0.15, -0.1) is 0 Å². The maximum absolute atomic E-state index is 12.6. The number of hydrogen-bond acceptors (Lipinski definition) is 4. The molecule has 2 aliphatic heterocycles. The van der Waals surface area contributed by atoms with Crippen LogP contribution in [0.5, 0.6) is 0 Å². The summed E-state index contributed by atoms with van der Waals surface area (Å²) in [6.45, 7) is 1.11. The fourth-order valence-corrected chi connectivity index (χ4v) is 6.18. The van der Waals surface area contributed by atoms with Crippen LogP contribution in [0.2, 0.25) is 0 Å². The van der Waals surface area contributed by atoms with Crippen LogP contribution in [0.25, 0.3) is 0 Å². The molecule has 21 heavy (non-hydrogen) atoms. The zero-order valence-electron chi connectivity index (χ0n) is 11.8. The Kier molecular flexibility index (Phi) is 3.83. The number of sulfonamides is 1. The van der Waals surface area contributed by atoms with E-state index in [4.69, 9.17) is 0 Å². The van der Waals surface area contributed by atoms with E-state index in [9.17, 15) is 16.8 Å². The number of sulfone groups is 1. The first kappa shape index (κ1) is 15.0. The van der Waals surface area contributed by atoms with Gasteiger partial charge in [0.25, 0.3) is 0 Å². The van der Waals surface area contributed by atoms with Crippen molar-refractivity contribution in [1.29, 1.82) is 0 Å². The average Bonchev–Trinajstić information content (AvgIpc) is 2.47. The summed E-state index contributed by atoms with van der Waals surface area (Å²) in [5, 5.41) is 0. The molecule has 0 bridgehead atoms. The van der Waals surface area contributed by atoms with Crippen molar-refractivity contribution in [3.8, 4) is 0 Å². The number of piperidine rings is 1. The van der Waals surface area contributed by atoms with E-state index in [1.807, 2.05) is 0 Å². The average molecular weight is 329 g/mol. The molecule has 1 saturated heterocycles. The fourth-order valence-electron chi connectivity index (χ4n) is 3.03. The number of aryl methyl sites for hydroxylation is 1. The minimum Gasteiger partial charge on any atom is -0.224 e. The third-order valence-corrected chi connectivity index (χ3v) is 7.97. The maximum Gasteiger partial charge on any atom is 0.243 e. The molecule has 2 aliphatic rings. The molecule has 1 aromatic rings. The highest BCUT2D eigenvalue weighted by molar-refractivity contribution is 7.91. The summed E-state index contributed by atoms with van der Waals surface area (Å²) in [6.07, 6.45) is 4.02. The molecule has 3 rings (SSSR count). The Morgan fingerprint density at radius 1 is 1.00 bits per heavy atom. The second-order valence-corrected chi connectivity index (χ2v) is 9.67. The predicted octanol–water partition coefficient (Wildman–Crippen LogP) is 1.58. The standard InChI is InChI=1S/C14H19NO4S2/c16-20(17)10-4-5-12-11-13(6-7-14(12)20)21(18,19)15-8-2-1-3-9-15/h6-7,11H,1-5,8-10H2. The number of hydrogen-bond donors (Lipinski definition) is 0. The van der Waals surface area contributed by atoms with Crippen LogP contribution in [0, 0.1) is 0 Å². The highest BCUT2D eigenvalue weighted by atomic mass is 32.2. The molecule has 1 fully saturated rings. The lowest BCUT2D eigenvalue weighted by molar-refractivity contribution is 0.346. The van der Waals surface area contributed by atoms with Crippen LogP contribution >= 0.6 is 0 Å². The summed E-state index contributed by atoms with van der Waals surface area (Å²) < 4.78 is 50.7. The van der Waals surface area contributed by atoms with Gasteiger partial charge in [-0.05, 0) is 49.4 Å². The monoisotopic (exact) mass is 329 g/mol. The molecule has 0 unspecified atom stereocenters. The van der Waals surface area contributed by atoms with Crippen molar-refractivity contribution in [2.24, 2.45) is 0 Å². The minimum absolute atomic E-state index is 0.151. The smallest absolute Gasteiger partial charge is 0.224 e. The van der Waals surface area contributed by atoms with Gasteiger partial charge in [0, 0.05) is 13.1 Å². The lowest BCUT2D eigenvalue weighted by Crippen LogP contribution is -2.35. The highest BCUT2D eigenvalue weighted by Crippen LogP contribution is 2.29. The molecule has 0 aliphatic carbocycles. The highest BCUT2D eigenvalue weighted by Gasteiger charge is 2.29. The van der Waals surface area contributed by atoms with Gasteiger partial charge in [0.15, 0.2) is 9.84 Å². The first-order valence-electron chi connectivity index (χ1n) is 7.27. The van der Waals surface area contributed by atoms with Crippen LogP contribution in [-0.4, -0.2) is 40.0 Å². The van der Waals surface area contributed by atoms with Crippen molar-refractivity contribution >= 4 is 19.9 Å². The van der Waals surface area contributed by atoms with E-state index in [0.29, 0.717) is 36.4 Å². The normalized spacial score (nSPS) is 22.7. The van der Waals surface area contributed by atoms with Crippen molar-refractivity contribution in [1.82, 2.24) is 4.31 Å². The van der Waals surface area contributed by atoms with Crippen molar-refractivity contribution in [2.75, 3.05) is 18.8 Å². The Morgan fingerprint density at radius 3 is 2.43 bits per heavy atom. The SMILES string of the molecule is O=S1(=O)CCCc2cc(S(=O)(=O)N3CCCCC3)ccc21. The number of rotatable bonds is 2. The molecule has 0 amide bonds. The van der Waals surface area contributed by atoms with Gasteiger partial charge in [-0.1, -0.05) is 6.42 Å². The van der Waals surface area contributed by atoms with E-state index in [1.54, 1.807) is 6.07 Å². The van der Waals surface area contributed by atoms with E-state index in [1.165, 1.54) is 16.4 Å². The van der Waals surface area contributed by atoms with Gasteiger partial charge in [0.05, 0.1) is 15.5 Å². The van der Waals surface area contributed by atoms with E-state index >= 15 is 0 Å². The van der Waals surface area contributed by atoms with Crippen molar-refractivity contribution < 1.29 is 16.8 Å². The van der Waals surface area contributed by atoms with Crippen LogP contribution < -0.4 is 0 Å². The summed E-state index contributed by atoms with van der Waals surface area (Å²) >= 11 is 0. The third-order valence-electron chi connectivity index (χ3n) is 4.18. The predicted molar refractivity (Wildman–Crippen MR) is 79.4 cm³/mol. The summed E-state index contributed by atoms with van der Waals surface area (Å²) in [5.74, 6) is 0.151. The molecular formula is C14H19NO4S2.